The van der Waals surface area contributed by atoms with Crippen molar-refractivity contribution < 1.29 is 4.74 Å². The number of para-hydroxylation sites is 1. The first-order valence-electron chi connectivity index (χ1n) is 14.8. The molecule has 4 heterocycles. The summed E-state index contributed by atoms with van der Waals surface area (Å²) in [5.74, 6) is 0.819. The van der Waals surface area contributed by atoms with E-state index in [1.807, 2.05) is 68.6 Å². The number of pyridine rings is 2. The number of benzene rings is 2. The van der Waals surface area contributed by atoms with Crippen LogP contribution in [0.25, 0.3) is 27.7 Å². The van der Waals surface area contributed by atoms with Crippen LogP contribution >= 0.6 is 0 Å². The van der Waals surface area contributed by atoms with Gasteiger partial charge in [-0.2, -0.15) is 5.26 Å². The summed E-state index contributed by atoms with van der Waals surface area (Å²) in [6.45, 7) is 5.07. The van der Waals surface area contributed by atoms with Gasteiger partial charge in [-0.15, -0.1) is 0 Å². The number of rotatable bonds is 7. The molecule has 0 bridgehead atoms. The zero-order valence-electron chi connectivity index (χ0n) is 24.7. The fraction of sp³-hybridized carbons (Fsp3) is 0.265. The highest BCUT2D eigenvalue weighted by molar-refractivity contribution is 5.94. The lowest BCUT2D eigenvalue weighted by molar-refractivity contribution is 0.0687. The molecule has 2 aromatic carbocycles. The van der Waals surface area contributed by atoms with Gasteiger partial charge in [-0.05, 0) is 61.6 Å². The third-order valence-corrected chi connectivity index (χ3v) is 8.21. The summed E-state index contributed by atoms with van der Waals surface area (Å²) < 4.78 is 8.88. The Morgan fingerprint density at radius 3 is 2.59 bits per heavy atom. The number of nitrogens with two attached hydrogens (primary N) is 1. The highest BCUT2D eigenvalue weighted by Gasteiger charge is 2.23. The topological polar surface area (TPSA) is 141 Å². The second kappa shape index (κ2) is 12.1. The maximum atomic E-state index is 14.6. The molecule has 1 saturated heterocycles. The number of anilines is 2. The standard InChI is InChI=1S/C34H33N7O3/c1-3-26-31(23(18-35)19-37-32(26)36)38-21(2)33-39-28-11-7-10-27(30(28)34(43)41(33)25-8-5-4-6-9-25)22-12-13-29(42)40(20-22)24-14-16-44-17-15-24/h4-13,19-21,24H,3,14-17H2,1-2H3,(H3,36,37,38). The average Bonchev–Trinajstić information content (AvgIpc) is 3.05. The van der Waals surface area contributed by atoms with Crippen LogP contribution in [0.5, 0.6) is 0 Å². The number of hydrogen-bond acceptors (Lipinski definition) is 8. The van der Waals surface area contributed by atoms with Crippen LogP contribution < -0.4 is 22.2 Å². The van der Waals surface area contributed by atoms with Crippen molar-refractivity contribution in [2.75, 3.05) is 24.3 Å². The third kappa shape index (κ3) is 5.23. The summed E-state index contributed by atoms with van der Waals surface area (Å²) in [5.41, 5.74) is 10.2. The highest BCUT2D eigenvalue weighted by atomic mass is 16.5. The van der Waals surface area contributed by atoms with Gasteiger partial charge < -0.3 is 20.4 Å². The molecule has 3 N–H and O–H groups in total. The lowest BCUT2D eigenvalue weighted by Crippen LogP contribution is -2.29. The summed E-state index contributed by atoms with van der Waals surface area (Å²) in [6.07, 6.45) is 5.38. The number of fused-ring (bicyclic) bond motifs is 1. The van der Waals surface area contributed by atoms with Crippen LogP contribution in [0.2, 0.25) is 0 Å². The highest BCUT2D eigenvalue weighted by Crippen LogP contribution is 2.32. The second-order valence-electron chi connectivity index (χ2n) is 10.9. The summed E-state index contributed by atoms with van der Waals surface area (Å²) in [6, 6.07) is 20.0. The Bertz CT molecular complexity index is 2000. The van der Waals surface area contributed by atoms with Crippen LogP contribution in [0.15, 0.2) is 82.6 Å². The number of nitrogens with zero attached hydrogens (tertiary/aromatic N) is 5. The molecule has 3 aromatic heterocycles. The van der Waals surface area contributed by atoms with E-state index in [0.29, 0.717) is 64.7 Å². The van der Waals surface area contributed by atoms with E-state index < -0.39 is 6.04 Å². The SMILES string of the molecule is CCc1c(N)ncc(C#N)c1NC(C)c1nc2cccc(-c3ccc(=O)n(C4CCOCC4)c3)c2c(=O)n1-c1ccccc1. The molecular formula is C34H33N7O3. The van der Waals surface area contributed by atoms with Crippen molar-refractivity contribution >= 4 is 22.4 Å². The van der Waals surface area contributed by atoms with Gasteiger partial charge >= 0.3 is 0 Å². The lowest BCUT2D eigenvalue weighted by Gasteiger charge is -2.25. The molecule has 5 aromatic rings. The monoisotopic (exact) mass is 587 g/mol. The van der Waals surface area contributed by atoms with E-state index in [0.717, 1.165) is 24.0 Å². The fourth-order valence-corrected chi connectivity index (χ4v) is 5.97. The fourth-order valence-electron chi connectivity index (χ4n) is 5.97. The van der Waals surface area contributed by atoms with Gasteiger partial charge in [0.1, 0.15) is 17.7 Å². The minimum Gasteiger partial charge on any atom is -0.383 e. The van der Waals surface area contributed by atoms with Crippen molar-refractivity contribution in [3.05, 3.63) is 111 Å². The molecule has 10 heteroatoms. The molecule has 0 spiro atoms. The number of nitrogen functional groups attached to an aromatic ring is 1. The Balaban J connectivity index is 1.54. The first kappa shape index (κ1) is 28.8. The van der Waals surface area contributed by atoms with Crippen molar-refractivity contribution in [3.63, 3.8) is 0 Å². The predicted molar refractivity (Wildman–Crippen MR) is 171 cm³/mol. The van der Waals surface area contributed by atoms with Gasteiger partial charge in [-0.3, -0.25) is 14.2 Å². The van der Waals surface area contributed by atoms with Gasteiger partial charge in [-0.1, -0.05) is 37.3 Å². The van der Waals surface area contributed by atoms with Crippen LogP contribution in [0, 0.1) is 11.3 Å². The largest absolute Gasteiger partial charge is 0.383 e. The molecule has 44 heavy (non-hydrogen) atoms. The van der Waals surface area contributed by atoms with E-state index >= 15 is 0 Å². The first-order chi connectivity index (χ1) is 21.4. The zero-order valence-corrected chi connectivity index (χ0v) is 24.7. The van der Waals surface area contributed by atoms with Crippen molar-refractivity contribution in [3.8, 4) is 22.9 Å². The molecule has 10 nitrogen and oxygen atoms in total. The molecule has 1 fully saturated rings. The minimum atomic E-state index is -0.495. The molecule has 0 radical (unpaired) electrons. The van der Waals surface area contributed by atoms with Crippen LogP contribution in [-0.4, -0.2) is 32.3 Å². The minimum absolute atomic E-state index is 0.0392. The number of nitriles is 1. The Morgan fingerprint density at radius 2 is 1.86 bits per heavy atom. The molecule has 1 unspecified atom stereocenters. The molecule has 1 aliphatic heterocycles. The summed E-state index contributed by atoms with van der Waals surface area (Å²) in [4.78, 5) is 36.7. The van der Waals surface area contributed by atoms with E-state index in [9.17, 15) is 14.9 Å². The van der Waals surface area contributed by atoms with Crippen LogP contribution in [-0.2, 0) is 11.2 Å². The molecule has 0 aliphatic carbocycles. The van der Waals surface area contributed by atoms with E-state index in [4.69, 9.17) is 15.5 Å². The van der Waals surface area contributed by atoms with Gasteiger partial charge in [0, 0.05) is 43.3 Å². The molecule has 222 valence electrons. The molecule has 6 rings (SSSR count). The predicted octanol–water partition coefficient (Wildman–Crippen LogP) is 5.15. The smallest absolute Gasteiger partial charge is 0.266 e. The van der Waals surface area contributed by atoms with Crippen molar-refractivity contribution in [2.45, 2.75) is 45.2 Å². The van der Waals surface area contributed by atoms with Gasteiger partial charge in [0.25, 0.3) is 11.1 Å². The Kier molecular flexibility index (Phi) is 7.96. The Hall–Kier alpha value is -5.27. The number of ether oxygens (including phenoxy) is 1. The quantitative estimate of drug-likeness (QED) is 0.266. The van der Waals surface area contributed by atoms with Gasteiger partial charge in [-0.25, -0.2) is 9.97 Å². The van der Waals surface area contributed by atoms with Crippen LogP contribution in [0.3, 0.4) is 0 Å². The average molecular weight is 588 g/mol. The number of aromatic nitrogens is 4. The van der Waals surface area contributed by atoms with Crippen molar-refractivity contribution in [1.29, 1.82) is 5.26 Å². The molecular weight excluding hydrogens is 554 g/mol. The summed E-state index contributed by atoms with van der Waals surface area (Å²) in [5, 5.41) is 13.7. The maximum Gasteiger partial charge on any atom is 0.266 e. The molecule has 0 saturated carbocycles. The number of hydrogen-bond donors (Lipinski definition) is 2. The Morgan fingerprint density at radius 1 is 1.09 bits per heavy atom. The zero-order chi connectivity index (χ0) is 30.8. The summed E-state index contributed by atoms with van der Waals surface area (Å²) in [7, 11) is 0. The van der Waals surface area contributed by atoms with Crippen LogP contribution in [0.1, 0.15) is 55.7 Å². The number of nitrogens with one attached hydrogen (secondary N) is 1. The molecule has 0 amide bonds. The second-order valence-corrected chi connectivity index (χ2v) is 10.9. The van der Waals surface area contributed by atoms with Crippen molar-refractivity contribution in [1.82, 2.24) is 19.1 Å². The van der Waals surface area contributed by atoms with Gasteiger partial charge in [0.05, 0.1) is 33.9 Å². The summed E-state index contributed by atoms with van der Waals surface area (Å²) >= 11 is 0. The normalized spacial score (nSPS) is 14.3. The van der Waals surface area contributed by atoms with Gasteiger partial charge in [0.2, 0.25) is 0 Å². The first-order valence-corrected chi connectivity index (χ1v) is 14.8. The third-order valence-electron chi connectivity index (χ3n) is 8.21. The lowest BCUT2D eigenvalue weighted by atomic mass is 10.0. The van der Waals surface area contributed by atoms with Crippen LogP contribution in [0.4, 0.5) is 11.5 Å². The maximum absolute atomic E-state index is 14.6. The molecule has 1 atom stereocenters. The van der Waals surface area contributed by atoms with E-state index in [1.165, 1.54) is 6.20 Å². The van der Waals surface area contributed by atoms with Gasteiger partial charge in [0.15, 0.2) is 0 Å². The van der Waals surface area contributed by atoms with E-state index in [2.05, 4.69) is 16.4 Å². The van der Waals surface area contributed by atoms with E-state index in [1.54, 1.807) is 21.3 Å². The van der Waals surface area contributed by atoms with Crippen molar-refractivity contribution in [2.24, 2.45) is 0 Å². The molecule has 1 aliphatic rings. The van der Waals surface area contributed by atoms with E-state index in [-0.39, 0.29) is 17.2 Å². The Labute approximate surface area is 254 Å².